The van der Waals surface area contributed by atoms with E-state index in [4.69, 9.17) is 4.74 Å². The lowest BCUT2D eigenvalue weighted by molar-refractivity contribution is -0.142. The van der Waals surface area contributed by atoms with Crippen LogP contribution in [0.4, 0.5) is 0 Å². The molecular formula is C20H27N3O5. The van der Waals surface area contributed by atoms with Gasteiger partial charge in [-0.2, -0.15) is 0 Å². The van der Waals surface area contributed by atoms with Crippen LogP contribution >= 0.6 is 0 Å². The standard InChI is InChI=1S/C20H27N3O5/c1-13(2)8-17(19(24)25)22-18(20(26)27)9-15-11-23(12-21-15)10-14-4-6-16(28-3)7-5-14/h4-7,11-13,17-18,22H,8-10H2,1-3H3,(H,24,25)(H,26,27)/t17?,18-/m0/s1. The zero-order valence-corrected chi connectivity index (χ0v) is 16.3. The zero-order chi connectivity index (χ0) is 20.7. The third kappa shape index (κ3) is 6.38. The van der Waals surface area contributed by atoms with Crippen LogP contribution < -0.4 is 10.1 Å². The molecule has 0 aliphatic carbocycles. The molecule has 3 N–H and O–H groups in total. The molecule has 1 heterocycles. The molecule has 1 aromatic heterocycles. The van der Waals surface area contributed by atoms with E-state index in [1.807, 2.05) is 42.7 Å². The average molecular weight is 389 g/mol. The fourth-order valence-corrected chi connectivity index (χ4v) is 2.92. The minimum Gasteiger partial charge on any atom is -0.497 e. The van der Waals surface area contributed by atoms with Crippen molar-refractivity contribution >= 4 is 11.9 Å². The molecule has 0 amide bonds. The van der Waals surface area contributed by atoms with E-state index in [0.717, 1.165) is 11.3 Å². The summed E-state index contributed by atoms with van der Waals surface area (Å²) in [6.07, 6.45) is 3.87. The van der Waals surface area contributed by atoms with E-state index in [0.29, 0.717) is 18.7 Å². The lowest BCUT2D eigenvalue weighted by Crippen LogP contribution is -2.48. The summed E-state index contributed by atoms with van der Waals surface area (Å²) < 4.78 is 7.00. The van der Waals surface area contributed by atoms with Gasteiger partial charge in [-0.1, -0.05) is 26.0 Å². The number of imidazole rings is 1. The van der Waals surface area contributed by atoms with Gasteiger partial charge in [-0.25, -0.2) is 4.98 Å². The molecule has 2 atom stereocenters. The number of rotatable bonds is 11. The van der Waals surface area contributed by atoms with Gasteiger partial charge in [-0.15, -0.1) is 0 Å². The summed E-state index contributed by atoms with van der Waals surface area (Å²) in [5, 5.41) is 21.6. The minimum atomic E-state index is -1.10. The lowest BCUT2D eigenvalue weighted by Gasteiger charge is -2.21. The van der Waals surface area contributed by atoms with Crippen molar-refractivity contribution in [3.8, 4) is 5.75 Å². The number of aromatic nitrogens is 2. The predicted octanol–water partition coefficient (Wildman–Crippen LogP) is 2.02. The molecule has 0 spiro atoms. The zero-order valence-electron chi connectivity index (χ0n) is 16.3. The number of benzene rings is 1. The van der Waals surface area contributed by atoms with E-state index in [2.05, 4.69) is 10.3 Å². The minimum absolute atomic E-state index is 0.104. The number of hydrogen-bond donors (Lipinski definition) is 3. The van der Waals surface area contributed by atoms with Gasteiger partial charge >= 0.3 is 11.9 Å². The second-order valence-corrected chi connectivity index (χ2v) is 7.17. The SMILES string of the molecule is COc1ccc(Cn2cnc(C[C@H](NC(CC(C)C)C(=O)O)C(=O)O)c2)cc1. The van der Waals surface area contributed by atoms with Crippen LogP contribution in [0.15, 0.2) is 36.8 Å². The molecule has 0 bridgehead atoms. The van der Waals surface area contributed by atoms with Crippen molar-refractivity contribution in [1.29, 1.82) is 0 Å². The van der Waals surface area contributed by atoms with Crippen LogP contribution in [-0.2, 0) is 22.6 Å². The van der Waals surface area contributed by atoms with Crippen molar-refractivity contribution < 1.29 is 24.5 Å². The van der Waals surface area contributed by atoms with Crippen LogP contribution in [0.2, 0.25) is 0 Å². The number of carboxylic acid groups (broad SMARTS) is 2. The van der Waals surface area contributed by atoms with E-state index < -0.39 is 24.0 Å². The first kappa shape index (κ1) is 21.4. The summed E-state index contributed by atoms with van der Waals surface area (Å²) in [6.45, 7) is 4.38. The van der Waals surface area contributed by atoms with Gasteiger partial charge in [0.1, 0.15) is 17.8 Å². The van der Waals surface area contributed by atoms with E-state index in [-0.39, 0.29) is 12.3 Å². The topological polar surface area (TPSA) is 114 Å². The smallest absolute Gasteiger partial charge is 0.321 e. The first-order chi connectivity index (χ1) is 13.3. The number of carboxylic acids is 2. The summed E-state index contributed by atoms with van der Waals surface area (Å²) in [7, 11) is 1.61. The lowest BCUT2D eigenvalue weighted by atomic mass is 10.0. The molecule has 1 aromatic carbocycles. The van der Waals surface area contributed by atoms with Gasteiger partial charge in [-0.3, -0.25) is 14.9 Å². The molecule has 0 fully saturated rings. The van der Waals surface area contributed by atoms with Crippen molar-refractivity contribution in [2.75, 3.05) is 7.11 Å². The van der Waals surface area contributed by atoms with Crippen molar-refractivity contribution in [1.82, 2.24) is 14.9 Å². The Bertz CT molecular complexity index is 785. The molecule has 0 saturated carbocycles. The molecule has 2 aromatic rings. The maximum atomic E-state index is 11.6. The molecule has 0 saturated heterocycles. The Morgan fingerprint density at radius 1 is 1.14 bits per heavy atom. The maximum Gasteiger partial charge on any atom is 0.321 e. The molecule has 0 aliphatic rings. The summed E-state index contributed by atoms with van der Waals surface area (Å²) >= 11 is 0. The van der Waals surface area contributed by atoms with Gasteiger partial charge in [0.2, 0.25) is 0 Å². The van der Waals surface area contributed by atoms with Crippen molar-refractivity contribution in [2.45, 2.75) is 45.3 Å². The van der Waals surface area contributed by atoms with Crippen LogP contribution in [0.25, 0.3) is 0 Å². The van der Waals surface area contributed by atoms with Gasteiger partial charge in [0, 0.05) is 19.2 Å². The number of carbonyl (C=O) groups is 2. The highest BCUT2D eigenvalue weighted by Crippen LogP contribution is 2.13. The molecule has 2 rings (SSSR count). The highest BCUT2D eigenvalue weighted by molar-refractivity contribution is 5.77. The van der Waals surface area contributed by atoms with E-state index in [1.54, 1.807) is 19.6 Å². The number of methoxy groups -OCH3 is 1. The van der Waals surface area contributed by atoms with Crippen LogP contribution in [0, 0.1) is 5.92 Å². The molecular weight excluding hydrogens is 362 g/mol. The van der Waals surface area contributed by atoms with E-state index >= 15 is 0 Å². The molecule has 0 radical (unpaired) electrons. The normalized spacial score (nSPS) is 13.3. The van der Waals surface area contributed by atoms with Crippen LogP contribution in [-0.4, -0.2) is 50.9 Å². The van der Waals surface area contributed by atoms with Crippen LogP contribution in [0.5, 0.6) is 5.75 Å². The summed E-state index contributed by atoms with van der Waals surface area (Å²) in [4.78, 5) is 27.3. The van der Waals surface area contributed by atoms with Gasteiger partial charge in [-0.05, 0) is 30.0 Å². The molecule has 28 heavy (non-hydrogen) atoms. The van der Waals surface area contributed by atoms with Gasteiger partial charge in [0.05, 0.1) is 19.1 Å². The Balaban J connectivity index is 2.03. The Morgan fingerprint density at radius 2 is 1.79 bits per heavy atom. The van der Waals surface area contributed by atoms with Crippen molar-refractivity contribution in [3.05, 3.63) is 48.0 Å². The highest BCUT2D eigenvalue weighted by atomic mass is 16.5. The van der Waals surface area contributed by atoms with Gasteiger partial charge in [0.25, 0.3) is 0 Å². The second kappa shape index (κ2) is 9.89. The third-order valence-electron chi connectivity index (χ3n) is 4.33. The first-order valence-electron chi connectivity index (χ1n) is 9.13. The largest absolute Gasteiger partial charge is 0.497 e. The Labute approximate surface area is 164 Å². The average Bonchev–Trinajstić information content (AvgIpc) is 3.07. The molecule has 1 unspecified atom stereocenters. The molecule has 8 heteroatoms. The molecule has 8 nitrogen and oxygen atoms in total. The van der Waals surface area contributed by atoms with Gasteiger partial charge in [0.15, 0.2) is 0 Å². The molecule has 0 aliphatic heterocycles. The summed E-state index contributed by atoms with van der Waals surface area (Å²) in [5.74, 6) is -1.24. The Kier molecular flexibility index (Phi) is 7.57. The monoisotopic (exact) mass is 389 g/mol. The number of ether oxygens (including phenoxy) is 1. The number of nitrogens with zero attached hydrogens (tertiary/aromatic N) is 2. The van der Waals surface area contributed by atoms with Crippen molar-refractivity contribution in [2.24, 2.45) is 5.92 Å². The predicted molar refractivity (Wildman–Crippen MR) is 103 cm³/mol. The molecule has 152 valence electrons. The Hall–Kier alpha value is -2.87. The second-order valence-electron chi connectivity index (χ2n) is 7.17. The van der Waals surface area contributed by atoms with Crippen LogP contribution in [0.1, 0.15) is 31.5 Å². The maximum absolute atomic E-state index is 11.6. The number of aliphatic carboxylic acids is 2. The third-order valence-corrected chi connectivity index (χ3v) is 4.33. The van der Waals surface area contributed by atoms with E-state index in [1.165, 1.54) is 0 Å². The summed E-state index contributed by atoms with van der Waals surface area (Å²) in [5.41, 5.74) is 1.64. The quantitative estimate of drug-likeness (QED) is 0.539. The number of hydrogen-bond acceptors (Lipinski definition) is 5. The fraction of sp³-hybridized carbons (Fsp3) is 0.450. The van der Waals surface area contributed by atoms with E-state index in [9.17, 15) is 19.8 Å². The Morgan fingerprint density at radius 3 is 2.32 bits per heavy atom. The van der Waals surface area contributed by atoms with Crippen LogP contribution in [0.3, 0.4) is 0 Å². The highest BCUT2D eigenvalue weighted by Gasteiger charge is 2.27. The number of nitrogens with one attached hydrogen (secondary N) is 1. The summed E-state index contributed by atoms with van der Waals surface area (Å²) in [6, 6.07) is 5.70. The van der Waals surface area contributed by atoms with Gasteiger partial charge < -0.3 is 19.5 Å². The first-order valence-corrected chi connectivity index (χ1v) is 9.13. The van der Waals surface area contributed by atoms with Crippen molar-refractivity contribution in [3.63, 3.8) is 0 Å². The fourth-order valence-electron chi connectivity index (χ4n) is 2.92.